The predicted molar refractivity (Wildman–Crippen MR) is 122 cm³/mol. The van der Waals surface area contributed by atoms with Gasteiger partial charge in [-0.15, -0.1) is 0 Å². The molecular weight excluding hydrogens is 418 g/mol. The van der Waals surface area contributed by atoms with Crippen LogP contribution in [-0.2, 0) is 17.8 Å². The third-order valence-electron chi connectivity index (χ3n) is 4.96. The molecule has 0 saturated carbocycles. The van der Waals surface area contributed by atoms with Crippen LogP contribution in [0.2, 0.25) is 5.02 Å². The molecule has 0 bridgehead atoms. The van der Waals surface area contributed by atoms with Crippen LogP contribution in [0.25, 0.3) is 0 Å². The van der Waals surface area contributed by atoms with Crippen molar-refractivity contribution in [1.82, 2.24) is 15.5 Å². The second-order valence-corrected chi connectivity index (χ2v) is 7.74. The summed E-state index contributed by atoms with van der Waals surface area (Å²) in [6.07, 6.45) is 0.995. The van der Waals surface area contributed by atoms with E-state index in [4.69, 9.17) is 16.3 Å². The molecule has 166 valence electrons. The summed E-state index contributed by atoms with van der Waals surface area (Å²) in [5, 5.41) is 18.2. The number of morpholine rings is 1. The lowest BCUT2D eigenvalue weighted by molar-refractivity contribution is -0.384. The summed E-state index contributed by atoms with van der Waals surface area (Å²) in [7, 11) is 0. The first-order valence-electron chi connectivity index (χ1n) is 10.4. The lowest BCUT2D eigenvalue weighted by atomic mass is 10.2. The van der Waals surface area contributed by atoms with Gasteiger partial charge in [0.25, 0.3) is 5.69 Å². The van der Waals surface area contributed by atoms with Crippen LogP contribution in [0.4, 0.5) is 5.69 Å². The van der Waals surface area contributed by atoms with Gasteiger partial charge in [-0.25, -0.2) is 4.99 Å². The van der Waals surface area contributed by atoms with Crippen molar-refractivity contribution in [3.8, 4) is 0 Å². The van der Waals surface area contributed by atoms with E-state index in [1.54, 1.807) is 12.1 Å². The topological polar surface area (TPSA) is 92.0 Å². The number of hydrogen-bond donors (Lipinski definition) is 2. The number of guanidine groups is 1. The van der Waals surface area contributed by atoms with Crippen LogP contribution in [0.3, 0.4) is 0 Å². The quantitative estimate of drug-likeness (QED) is 0.202. The van der Waals surface area contributed by atoms with Gasteiger partial charge in [0.15, 0.2) is 5.96 Å². The summed E-state index contributed by atoms with van der Waals surface area (Å²) in [6, 6.07) is 14.2. The van der Waals surface area contributed by atoms with E-state index in [2.05, 4.69) is 20.5 Å². The van der Waals surface area contributed by atoms with Gasteiger partial charge in [0, 0.05) is 43.3 Å². The average Bonchev–Trinajstić information content (AvgIpc) is 2.79. The van der Waals surface area contributed by atoms with E-state index >= 15 is 0 Å². The Hall–Kier alpha value is -2.68. The molecule has 0 aliphatic carbocycles. The van der Waals surface area contributed by atoms with Crippen molar-refractivity contribution in [1.29, 1.82) is 0 Å². The first-order chi connectivity index (χ1) is 15.1. The molecule has 1 aliphatic heterocycles. The number of aliphatic imine (C=N–C) groups is 1. The van der Waals surface area contributed by atoms with Crippen molar-refractivity contribution in [2.24, 2.45) is 4.99 Å². The molecule has 0 unspecified atom stereocenters. The van der Waals surface area contributed by atoms with Gasteiger partial charge in [-0.3, -0.25) is 15.0 Å². The molecule has 1 fully saturated rings. The molecule has 2 N–H and O–H groups in total. The highest BCUT2D eigenvalue weighted by Gasteiger charge is 2.09. The summed E-state index contributed by atoms with van der Waals surface area (Å²) >= 11 is 6.07. The normalized spacial score (nSPS) is 14.9. The van der Waals surface area contributed by atoms with Crippen LogP contribution < -0.4 is 10.6 Å². The molecule has 1 saturated heterocycles. The number of benzene rings is 2. The highest BCUT2D eigenvalue weighted by Crippen LogP contribution is 2.12. The Kier molecular flexibility index (Phi) is 9.08. The number of rotatable bonds is 9. The fourth-order valence-corrected chi connectivity index (χ4v) is 3.45. The van der Waals surface area contributed by atoms with Gasteiger partial charge >= 0.3 is 0 Å². The van der Waals surface area contributed by atoms with Gasteiger partial charge in [0.1, 0.15) is 0 Å². The number of non-ortho nitro benzene ring substituents is 1. The summed E-state index contributed by atoms with van der Waals surface area (Å²) in [6.45, 7) is 6.39. The SMILES string of the molecule is O=[N+]([O-])c1ccc(CNC(=NCc2cccc(Cl)c2)NCCCN2CCOCC2)cc1. The maximum atomic E-state index is 10.8. The van der Waals surface area contributed by atoms with Crippen LogP contribution >= 0.6 is 11.6 Å². The molecule has 0 spiro atoms. The number of hydrogen-bond acceptors (Lipinski definition) is 5. The molecule has 31 heavy (non-hydrogen) atoms. The minimum absolute atomic E-state index is 0.0832. The van der Waals surface area contributed by atoms with Gasteiger partial charge in [-0.05, 0) is 36.2 Å². The molecule has 2 aromatic carbocycles. The number of halogens is 1. The van der Waals surface area contributed by atoms with E-state index in [1.165, 1.54) is 12.1 Å². The standard InChI is InChI=1S/C22H28ClN5O3/c23-20-4-1-3-19(15-20)17-26-22(24-9-2-10-27-11-13-31-14-12-27)25-16-18-5-7-21(8-6-18)28(29)30/h1,3-8,15H,2,9-14,16-17H2,(H2,24,25,26). The van der Waals surface area contributed by atoms with Crippen molar-refractivity contribution in [3.05, 3.63) is 74.8 Å². The number of nitro groups is 1. The first-order valence-corrected chi connectivity index (χ1v) is 10.8. The van der Waals surface area contributed by atoms with Crippen molar-refractivity contribution in [2.45, 2.75) is 19.5 Å². The molecule has 0 atom stereocenters. The maximum Gasteiger partial charge on any atom is 0.269 e. The summed E-state index contributed by atoms with van der Waals surface area (Å²) in [5.74, 6) is 0.695. The molecule has 2 aromatic rings. The molecule has 0 aromatic heterocycles. The van der Waals surface area contributed by atoms with Crippen LogP contribution in [0.1, 0.15) is 17.5 Å². The maximum absolute atomic E-state index is 10.8. The minimum Gasteiger partial charge on any atom is -0.379 e. The van der Waals surface area contributed by atoms with E-state index in [1.807, 2.05) is 24.3 Å². The van der Waals surface area contributed by atoms with E-state index in [-0.39, 0.29) is 5.69 Å². The van der Waals surface area contributed by atoms with Crippen LogP contribution in [0.15, 0.2) is 53.5 Å². The predicted octanol–water partition coefficient (Wildman–Crippen LogP) is 3.21. The van der Waals surface area contributed by atoms with Crippen molar-refractivity contribution in [3.63, 3.8) is 0 Å². The summed E-state index contributed by atoms with van der Waals surface area (Å²) in [5.41, 5.74) is 2.05. The molecule has 3 rings (SSSR count). The Labute approximate surface area is 187 Å². The smallest absolute Gasteiger partial charge is 0.269 e. The van der Waals surface area contributed by atoms with Crippen molar-refractivity contribution >= 4 is 23.2 Å². The number of nitrogens with zero attached hydrogens (tertiary/aromatic N) is 3. The Morgan fingerprint density at radius 1 is 1.13 bits per heavy atom. The largest absolute Gasteiger partial charge is 0.379 e. The Bertz CT molecular complexity index is 870. The number of nitro benzene ring substituents is 1. The lowest BCUT2D eigenvalue weighted by Gasteiger charge is -2.26. The highest BCUT2D eigenvalue weighted by molar-refractivity contribution is 6.30. The molecule has 8 nitrogen and oxygen atoms in total. The van der Waals surface area contributed by atoms with Crippen molar-refractivity contribution in [2.75, 3.05) is 39.4 Å². The molecule has 1 aliphatic rings. The first kappa shape index (κ1) is 23.0. The molecule has 9 heteroatoms. The van der Waals surface area contributed by atoms with Gasteiger partial charge in [0.05, 0.1) is 24.7 Å². The fraction of sp³-hybridized carbons (Fsp3) is 0.409. The summed E-state index contributed by atoms with van der Waals surface area (Å²) < 4.78 is 5.39. The Morgan fingerprint density at radius 3 is 2.61 bits per heavy atom. The zero-order chi connectivity index (χ0) is 21.9. The second kappa shape index (κ2) is 12.2. The third kappa shape index (κ3) is 8.16. The van der Waals surface area contributed by atoms with Crippen molar-refractivity contribution < 1.29 is 9.66 Å². The zero-order valence-electron chi connectivity index (χ0n) is 17.4. The average molecular weight is 446 g/mol. The minimum atomic E-state index is -0.398. The Balaban J connectivity index is 1.54. The van der Waals surface area contributed by atoms with Crippen LogP contribution in [0, 0.1) is 10.1 Å². The Morgan fingerprint density at radius 2 is 1.90 bits per heavy atom. The zero-order valence-corrected chi connectivity index (χ0v) is 18.2. The molecule has 0 amide bonds. The molecule has 0 radical (unpaired) electrons. The van der Waals surface area contributed by atoms with Gasteiger partial charge < -0.3 is 15.4 Å². The van der Waals surface area contributed by atoms with Crippen LogP contribution in [0.5, 0.6) is 0 Å². The number of ether oxygens (including phenoxy) is 1. The van der Waals surface area contributed by atoms with Gasteiger partial charge in [-0.1, -0.05) is 35.9 Å². The molecule has 1 heterocycles. The summed E-state index contributed by atoms with van der Waals surface area (Å²) in [4.78, 5) is 17.5. The second-order valence-electron chi connectivity index (χ2n) is 7.31. The van der Waals surface area contributed by atoms with Crippen LogP contribution in [-0.4, -0.2) is 55.2 Å². The fourth-order valence-electron chi connectivity index (χ4n) is 3.24. The molecular formula is C22H28ClN5O3. The lowest BCUT2D eigenvalue weighted by Crippen LogP contribution is -2.40. The van der Waals surface area contributed by atoms with E-state index < -0.39 is 4.92 Å². The van der Waals surface area contributed by atoms with E-state index in [9.17, 15) is 10.1 Å². The third-order valence-corrected chi connectivity index (χ3v) is 5.20. The van der Waals surface area contributed by atoms with E-state index in [0.717, 1.165) is 56.9 Å². The highest BCUT2D eigenvalue weighted by atomic mass is 35.5. The number of nitrogens with one attached hydrogen (secondary N) is 2. The van der Waals surface area contributed by atoms with Gasteiger partial charge in [0.2, 0.25) is 0 Å². The monoisotopic (exact) mass is 445 g/mol. The van der Waals surface area contributed by atoms with Gasteiger partial charge in [-0.2, -0.15) is 0 Å². The van der Waals surface area contributed by atoms with E-state index in [0.29, 0.717) is 24.1 Å².